The Balaban J connectivity index is 0.00000288. The third-order valence-corrected chi connectivity index (χ3v) is 4.32. The van der Waals surface area contributed by atoms with E-state index in [1.54, 1.807) is 0 Å². The SMILES string of the molecule is CCNC(=NCc1nc2ccccc2n1C)NCC(CC)CC.I. The molecule has 0 saturated carbocycles. The van der Waals surface area contributed by atoms with E-state index in [4.69, 9.17) is 4.99 Å². The third kappa shape index (κ3) is 5.36. The zero-order valence-corrected chi connectivity index (χ0v) is 17.5. The zero-order chi connectivity index (χ0) is 16.7. The Morgan fingerprint density at radius 2 is 1.88 bits per heavy atom. The van der Waals surface area contributed by atoms with Gasteiger partial charge in [0, 0.05) is 20.1 Å². The molecule has 0 saturated heterocycles. The van der Waals surface area contributed by atoms with Gasteiger partial charge in [-0.05, 0) is 25.0 Å². The number of benzene rings is 1. The van der Waals surface area contributed by atoms with Gasteiger partial charge in [0.25, 0.3) is 0 Å². The lowest BCUT2D eigenvalue weighted by Crippen LogP contribution is -2.39. The summed E-state index contributed by atoms with van der Waals surface area (Å²) in [6.45, 7) is 8.95. The number of para-hydroxylation sites is 2. The summed E-state index contributed by atoms with van der Waals surface area (Å²) in [5.74, 6) is 2.53. The van der Waals surface area contributed by atoms with Crippen LogP contribution in [0.5, 0.6) is 0 Å². The summed E-state index contributed by atoms with van der Waals surface area (Å²) in [7, 11) is 2.05. The van der Waals surface area contributed by atoms with E-state index in [0.717, 1.165) is 35.9 Å². The average Bonchev–Trinajstić information content (AvgIpc) is 2.90. The Labute approximate surface area is 162 Å². The average molecular weight is 443 g/mol. The Hall–Kier alpha value is -1.31. The predicted octanol–water partition coefficient (Wildman–Crippen LogP) is 3.68. The predicted molar refractivity (Wildman–Crippen MR) is 113 cm³/mol. The van der Waals surface area contributed by atoms with Crippen LogP contribution in [0, 0.1) is 5.92 Å². The van der Waals surface area contributed by atoms with E-state index >= 15 is 0 Å². The summed E-state index contributed by atoms with van der Waals surface area (Å²) in [6, 6.07) is 8.19. The van der Waals surface area contributed by atoms with Crippen LogP contribution in [-0.4, -0.2) is 28.6 Å². The topological polar surface area (TPSA) is 54.2 Å². The molecular weight excluding hydrogens is 413 g/mol. The maximum absolute atomic E-state index is 4.69. The Morgan fingerprint density at radius 1 is 1.17 bits per heavy atom. The van der Waals surface area contributed by atoms with Gasteiger partial charge in [-0.1, -0.05) is 38.8 Å². The Morgan fingerprint density at radius 3 is 2.50 bits per heavy atom. The van der Waals surface area contributed by atoms with E-state index in [1.165, 1.54) is 12.8 Å². The second kappa shape index (κ2) is 10.5. The monoisotopic (exact) mass is 443 g/mol. The standard InChI is InChI=1S/C18H29N5.HI/c1-5-14(6-2)12-20-18(19-7-3)21-13-17-22-15-10-8-9-11-16(15)23(17)4;/h8-11,14H,5-7,12-13H2,1-4H3,(H2,19,20,21);1H. The highest BCUT2D eigenvalue weighted by Crippen LogP contribution is 2.14. The van der Waals surface area contributed by atoms with Crippen LogP contribution in [0.15, 0.2) is 29.3 Å². The lowest BCUT2D eigenvalue weighted by molar-refractivity contribution is 0.481. The van der Waals surface area contributed by atoms with Crippen molar-refractivity contribution in [3.05, 3.63) is 30.1 Å². The molecule has 0 aliphatic rings. The first-order chi connectivity index (χ1) is 11.2. The van der Waals surface area contributed by atoms with Gasteiger partial charge in [-0.3, -0.25) is 0 Å². The van der Waals surface area contributed by atoms with Gasteiger partial charge in [0.15, 0.2) is 5.96 Å². The molecule has 1 aromatic carbocycles. The maximum Gasteiger partial charge on any atom is 0.191 e. The molecule has 134 valence electrons. The van der Waals surface area contributed by atoms with Crippen LogP contribution >= 0.6 is 24.0 Å². The van der Waals surface area contributed by atoms with E-state index < -0.39 is 0 Å². The summed E-state index contributed by atoms with van der Waals surface area (Å²) in [4.78, 5) is 9.36. The van der Waals surface area contributed by atoms with E-state index in [9.17, 15) is 0 Å². The number of nitrogens with zero attached hydrogens (tertiary/aromatic N) is 3. The van der Waals surface area contributed by atoms with Crippen LogP contribution in [0.2, 0.25) is 0 Å². The number of aromatic nitrogens is 2. The first-order valence-electron chi connectivity index (χ1n) is 8.62. The summed E-state index contributed by atoms with van der Waals surface area (Å²) in [5.41, 5.74) is 2.17. The molecular formula is C18H30IN5. The lowest BCUT2D eigenvalue weighted by atomic mass is 10.0. The van der Waals surface area contributed by atoms with Crippen molar-refractivity contribution in [2.75, 3.05) is 13.1 Å². The molecule has 0 spiro atoms. The molecule has 2 N–H and O–H groups in total. The molecule has 1 aromatic heterocycles. The van der Waals surface area contributed by atoms with Crippen LogP contribution in [-0.2, 0) is 13.6 Å². The van der Waals surface area contributed by atoms with E-state index in [0.29, 0.717) is 12.5 Å². The molecule has 0 fully saturated rings. The molecule has 24 heavy (non-hydrogen) atoms. The molecule has 0 radical (unpaired) electrons. The van der Waals surface area contributed by atoms with Gasteiger partial charge in [-0.15, -0.1) is 24.0 Å². The van der Waals surface area contributed by atoms with Crippen LogP contribution < -0.4 is 10.6 Å². The molecule has 6 heteroatoms. The molecule has 2 aromatic rings. The fourth-order valence-electron chi connectivity index (χ4n) is 2.65. The Kier molecular flexibility index (Phi) is 9.10. The molecule has 5 nitrogen and oxygen atoms in total. The number of nitrogens with one attached hydrogen (secondary N) is 2. The van der Waals surface area contributed by atoms with E-state index in [2.05, 4.69) is 47.0 Å². The van der Waals surface area contributed by atoms with E-state index in [1.807, 2.05) is 25.2 Å². The molecule has 1 heterocycles. The number of fused-ring (bicyclic) bond motifs is 1. The molecule has 2 rings (SSSR count). The summed E-state index contributed by atoms with van der Waals surface area (Å²) < 4.78 is 2.11. The van der Waals surface area contributed by atoms with Crippen molar-refractivity contribution in [2.24, 2.45) is 18.0 Å². The number of guanidine groups is 1. The largest absolute Gasteiger partial charge is 0.357 e. The van der Waals surface area contributed by atoms with Crippen LogP contribution in [0.25, 0.3) is 11.0 Å². The molecule has 0 aliphatic carbocycles. The molecule has 0 aliphatic heterocycles. The number of imidazole rings is 1. The van der Waals surface area contributed by atoms with E-state index in [-0.39, 0.29) is 24.0 Å². The molecule has 0 amide bonds. The minimum absolute atomic E-state index is 0. The number of halogens is 1. The smallest absolute Gasteiger partial charge is 0.191 e. The van der Waals surface area contributed by atoms with Crippen LogP contribution in [0.3, 0.4) is 0 Å². The molecule has 0 unspecified atom stereocenters. The van der Waals surface area contributed by atoms with Crippen molar-refractivity contribution in [3.63, 3.8) is 0 Å². The van der Waals surface area contributed by atoms with Crippen molar-refractivity contribution in [2.45, 2.75) is 40.2 Å². The minimum Gasteiger partial charge on any atom is -0.357 e. The maximum atomic E-state index is 4.69. The van der Waals surface area contributed by atoms with Gasteiger partial charge in [0.1, 0.15) is 12.4 Å². The molecule has 0 atom stereocenters. The second-order valence-electron chi connectivity index (χ2n) is 5.83. The van der Waals surface area contributed by atoms with Crippen LogP contribution in [0.4, 0.5) is 0 Å². The fraction of sp³-hybridized carbons (Fsp3) is 0.556. The quantitative estimate of drug-likeness (QED) is 0.390. The summed E-state index contributed by atoms with van der Waals surface area (Å²) in [6.07, 6.45) is 2.38. The number of hydrogen-bond acceptors (Lipinski definition) is 2. The first-order valence-corrected chi connectivity index (χ1v) is 8.62. The zero-order valence-electron chi connectivity index (χ0n) is 15.2. The fourth-order valence-corrected chi connectivity index (χ4v) is 2.65. The lowest BCUT2D eigenvalue weighted by Gasteiger charge is -2.16. The van der Waals surface area contributed by atoms with Gasteiger partial charge in [-0.2, -0.15) is 0 Å². The van der Waals surface area contributed by atoms with Crippen LogP contribution in [0.1, 0.15) is 39.4 Å². The van der Waals surface area contributed by atoms with Gasteiger partial charge < -0.3 is 15.2 Å². The normalized spacial score (nSPS) is 11.6. The van der Waals surface area contributed by atoms with Gasteiger partial charge >= 0.3 is 0 Å². The summed E-state index contributed by atoms with van der Waals surface area (Å²) >= 11 is 0. The number of aliphatic imine (C=N–C) groups is 1. The number of hydrogen-bond donors (Lipinski definition) is 2. The Bertz CT molecular complexity index is 646. The van der Waals surface area contributed by atoms with Gasteiger partial charge in [-0.25, -0.2) is 9.98 Å². The van der Waals surface area contributed by atoms with Crippen molar-refractivity contribution in [1.29, 1.82) is 0 Å². The van der Waals surface area contributed by atoms with Gasteiger partial charge in [0.2, 0.25) is 0 Å². The summed E-state index contributed by atoms with van der Waals surface area (Å²) in [5, 5.41) is 6.76. The highest BCUT2D eigenvalue weighted by atomic mass is 127. The number of rotatable bonds is 7. The van der Waals surface area contributed by atoms with Crippen molar-refractivity contribution in [1.82, 2.24) is 20.2 Å². The van der Waals surface area contributed by atoms with Crippen molar-refractivity contribution >= 4 is 41.0 Å². The molecule has 0 bridgehead atoms. The first kappa shape index (κ1) is 20.7. The van der Waals surface area contributed by atoms with Crippen molar-refractivity contribution < 1.29 is 0 Å². The highest BCUT2D eigenvalue weighted by Gasteiger charge is 2.08. The second-order valence-corrected chi connectivity index (χ2v) is 5.83. The van der Waals surface area contributed by atoms with Gasteiger partial charge in [0.05, 0.1) is 11.0 Å². The third-order valence-electron chi connectivity index (χ3n) is 4.32. The number of aryl methyl sites for hydroxylation is 1. The van der Waals surface area contributed by atoms with Crippen molar-refractivity contribution in [3.8, 4) is 0 Å². The minimum atomic E-state index is 0. The highest BCUT2D eigenvalue weighted by molar-refractivity contribution is 14.0.